The minimum atomic E-state index is -1.23. The van der Waals surface area contributed by atoms with E-state index < -0.39 is 29.4 Å². The number of aliphatic carboxylic acids is 1. The van der Waals surface area contributed by atoms with Crippen LogP contribution in [0.4, 0.5) is 5.95 Å². The minimum Gasteiger partial charge on any atom is -0.481 e. The van der Waals surface area contributed by atoms with Gasteiger partial charge in [-0.2, -0.15) is 0 Å². The first kappa shape index (κ1) is 26.6. The molecule has 0 spiro atoms. The summed E-state index contributed by atoms with van der Waals surface area (Å²) in [6.45, 7) is 2.32. The second-order valence-corrected chi connectivity index (χ2v) is 8.84. The zero-order chi connectivity index (χ0) is 26.0. The summed E-state index contributed by atoms with van der Waals surface area (Å²) in [7, 11) is 0. The second-order valence-electron chi connectivity index (χ2n) is 8.84. The van der Waals surface area contributed by atoms with Crippen molar-refractivity contribution < 1.29 is 24.3 Å². The molecule has 1 aromatic heterocycles. The van der Waals surface area contributed by atoms with Crippen LogP contribution in [0, 0.1) is 0 Å². The Balaban J connectivity index is 1.61. The third-order valence-electron chi connectivity index (χ3n) is 5.98. The maximum absolute atomic E-state index is 13.4. The van der Waals surface area contributed by atoms with Gasteiger partial charge in [0.05, 0.1) is 0 Å². The lowest BCUT2D eigenvalue weighted by molar-refractivity contribution is -0.139. The standard InChI is InChI=1S/C25H32N6O5/c1-17(32)30-20(9-10-21(33)34)22(35)31-25(15-18-7-2-3-8-19(18)16-25)23(36)26-11-4-5-12-27-24-28-13-6-14-29-24/h2-3,6-8,13-14,20H,4-5,9-12,15-16H2,1H3,(H,26,36)(H,30,32)(H,31,35)(H,33,34)(H,27,28,29)/t20-/m0/s1. The topological polar surface area (TPSA) is 162 Å². The second kappa shape index (κ2) is 12.6. The van der Waals surface area contributed by atoms with Crippen molar-refractivity contribution in [3.8, 4) is 0 Å². The molecule has 11 nitrogen and oxygen atoms in total. The summed E-state index contributed by atoms with van der Waals surface area (Å²) >= 11 is 0. The first-order chi connectivity index (χ1) is 17.3. The number of carbonyl (C=O) groups is 4. The Kier molecular flexibility index (Phi) is 9.32. The molecule has 2 aromatic rings. The molecule has 1 atom stereocenters. The van der Waals surface area contributed by atoms with Gasteiger partial charge in [-0.15, -0.1) is 0 Å². The van der Waals surface area contributed by atoms with Gasteiger partial charge >= 0.3 is 5.97 Å². The van der Waals surface area contributed by atoms with Gasteiger partial charge in [0.15, 0.2) is 0 Å². The van der Waals surface area contributed by atoms with Crippen LogP contribution in [0.15, 0.2) is 42.7 Å². The zero-order valence-electron chi connectivity index (χ0n) is 20.3. The molecule has 3 rings (SSSR count). The van der Waals surface area contributed by atoms with E-state index in [1.54, 1.807) is 18.5 Å². The Morgan fingerprint density at radius 2 is 1.64 bits per heavy atom. The van der Waals surface area contributed by atoms with E-state index >= 15 is 0 Å². The van der Waals surface area contributed by atoms with Crippen LogP contribution in [0.2, 0.25) is 0 Å². The number of benzene rings is 1. The van der Waals surface area contributed by atoms with E-state index in [0.29, 0.717) is 38.3 Å². The van der Waals surface area contributed by atoms with Crippen molar-refractivity contribution in [3.05, 3.63) is 53.9 Å². The summed E-state index contributed by atoms with van der Waals surface area (Å²) in [5.41, 5.74) is 0.694. The third-order valence-corrected chi connectivity index (χ3v) is 5.98. The van der Waals surface area contributed by atoms with Crippen LogP contribution in [0.25, 0.3) is 0 Å². The molecule has 3 amide bonds. The lowest BCUT2D eigenvalue weighted by atomic mass is 9.93. The van der Waals surface area contributed by atoms with Crippen molar-refractivity contribution in [2.45, 2.75) is 57.0 Å². The molecule has 0 unspecified atom stereocenters. The number of nitrogens with zero attached hydrogens (tertiary/aromatic N) is 2. The van der Waals surface area contributed by atoms with Crippen molar-refractivity contribution in [1.82, 2.24) is 25.9 Å². The fourth-order valence-corrected chi connectivity index (χ4v) is 4.24. The highest BCUT2D eigenvalue weighted by Crippen LogP contribution is 2.30. The molecule has 0 saturated heterocycles. The monoisotopic (exact) mass is 496 g/mol. The Morgan fingerprint density at radius 3 is 2.25 bits per heavy atom. The highest BCUT2D eigenvalue weighted by molar-refractivity contribution is 5.95. The van der Waals surface area contributed by atoms with Crippen LogP contribution in [-0.2, 0) is 32.0 Å². The summed E-state index contributed by atoms with van der Waals surface area (Å²) in [5.74, 6) is -1.88. The molecular formula is C25H32N6O5. The number of fused-ring (bicyclic) bond motifs is 1. The summed E-state index contributed by atoms with van der Waals surface area (Å²) in [5, 5.41) is 20.4. The highest BCUT2D eigenvalue weighted by atomic mass is 16.4. The van der Waals surface area contributed by atoms with E-state index in [2.05, 4.69) is 31.2 Å². The number of unbranched alkanes of at least 4 members (excludes halogenated alkanes) is 1. The van der Waals surface area contributed by atoms with Crippen LogP contribution in [0.5, 0.6) is 0 Å². The van der Waals surface area contributed by atoms with Crippen LogP contribution < -0.4 is 21.3 Å². The van der Waals surface area contributed by atoms with E-state index in [1.165, 1.54) is 6.92 Å². The van der Waals surface area contributed by atoms with Crippen molar-refractivity contribution in [3.63, 3.8) is 0 Å². The summed E-state index contributed by atoms with van der Waals surface area (Å²) in [4.78, 5) is 57.4. The van der Waals surface area contributed by atoms with E-state index in [-0.39, 0.29) is 18.7 Å². The molecule has 1 heterocycles. The van der Waals surface area contributed by atoms with Crippen LogP contribution >= 0.6 is 0 Å². The number of amides is 3. The summed E-state index contributed by atoms with van der Waals surface area (Å²) in [6.07, 6.45) is 5.03. The Labute approximate surface area is 209 Å². The van der Waals surface area contributed by atoms with Crippen LogP contribution in [0.1, 0.15) is 43.7 Å². The van der Waals surface area contributed by atoms with E-state index in [4.69, 9.17) is 5.11 Å². The largest absolute Gasteiger partial charge is 0.481 e. The quantitative estimate of drug-likeness (QED) is 0.254. The average molecular weight is 497 g/mol. The molecule has 1 aromatic carbocycles. The Morgan fingerprint density at radius 1 is 1.00 bits per heavy atom. The van der Waals surface area contributed by atoms with E-state index in [0.717, 1.165) is 17.5 Å². The number of hydrogen-bond donors (Lipinski definition) is 5. The molecule has 1 aliphatic carbocycles. The van der Waals surface area contributed by atoms with Crippen molar-refractivity contribution in [1.29, 1.82) is 0 Å². The fourth-order valence-electron chi connectivity index (χ4n) is 4.24. The van der Waals surface area contributed by atoms with Gasteiger partial charge in [-0.25, -0.2) is 9.97 Å². The van der Waals surface area contributed by atoms with Crippen LogP contribution in [-0.4, -0.2) is 63.4 Å². The molecule has 0 fully saturated rings. The molecule has 0 bridgehead atoms. The highest BCUT2D eigenvalue weighted by Gasteiger charge is 2.45. The van der Waals surface area contributed by atoms with Gasteiger partial charge in [0.1, 0.15) is 11.6 Å². The zero-order valence-corrected chi connectivity index (χ0v) is 20.3. The maximum atomic E-state index is 13.4. The number of hydrogen-bond acceptors (Lipinski definition) is 7. The molecule has 5 N–H and O–H groups in total. The van der Waals surface area contributed by atoms with Gasteiger partial charge < -0.3 is 26.4 Å². The van der Waals surface area contributed by atoms with Crippen LogP contribution in [0.3, 0.4) is 0 Å². The number of aromatic nitrogens is 2. The fraction of sp³-hybridized carbons (Fsp3) is 0.440. The molecule has 0 aliphatic heterocycles. The number of carbonyl (C=O) groups excluding carboxylic acids is 3. The molecule has 36 heavy (non-hydrogen) atoms. The molecule has 192 valence electrons. The normalized spacial score (nSPS) is 14.2. The first-order valence-electron chi connectivity index (χ1n) is 12.0. The maximum Gasteiger partial charge on any atom is 0.303 e. The number of anilines is 1. The number of carboxylic acids is 1. The predicted octanol–water partition coefficient (Wildman–Crippen LogP) is 0.808. The molecule has 1 aliphatic rings. The molecule has 11 heteroatoms. The Hall–Kier alpha value is -4.02. The number of carboxylic acid groups (broad SMARTS) is 1. The van der Waals surface area contributed by atoms with Gasteiger partial charge in [-0.3, -0.25) is 19.2 Å². The summed E-state index contributed by atoms with van der Waals surface area (Å²) in [6, 6.07) is 8.28. The van der Waals surface area contributed by atoms with Crippen molar-refractivity contribution in [2.24, 2.45) is 0 Å². The van der Waals surface area contributed by atoms with Gasteiger partial charge in [-0.1, -0.05) is 24.3 Å². The predicted molar refractivity (Wildman–Crippen MR) is 132 cm³/mol. The lowest BCUT2D eigenvalue weighted by Gasteiger charge is -2.31. The third kappa shape index (κ3) is 7.49. The van der Waals surface area contributed by atoms with Gasteiger partial charge in [0.2, 0.25) is 23.7 Å². The number of nitrogens with one attached hydrogen (secondary N) is 4. The summed E-state index contributed by atoms with van der Waals surface area (Å²) < 4.78 is 0. The first-order valence-corrected chi connectivity index (χ1v) is 12.0. The average Bonchev–Trinajstić information content (AvgIpc) is 3.23. The van der Waals surface area contributed by atoms with Gasteiger partial charge in [0.25, 0.3) is 0 Å². The van der Waals surface area contributed by atoms with E-state index in [9.17, 15) is 19.2 Å². The molecule has 0 saturated carbocycles. The SMILES string of the molecule is CC(=O)N[C@@H](CCC(=O)O)C(=O)NC1(C(=O)NCCCCNc2ncccn2)Cc2ccccc2C1. The van der Waals surface area contributed by atoms with Gasteiger partial charge in [0, 0.05) is 51.7 Å². The van der Waals surface area contributed by atoms with Gasteiger partial charge in [-0.05, 0) is 36.5 Å². The van der Waals surface area contributed by atoms with E-state index in [1.807, 2.05) is 24.3 Å². The minimum absolute atomic E-state index is 0.0798. The molecular weight excluding hydrogens is 464 g/mol. The smallest absolute Gasteiger partial charge is 0.303 e. The Bertz CT molecular complexity index is 1050. The van der Waals surface area contributed by atoms with Crippen molar-refractivity contribution in [2.75, 3.05) is 18.4 Å². The lowest BCUT2D eigenvalue weighted by Crippen LogP contribution is -2.63. The molecule has 0 radical (unpaired) electrons. The van der Waals surface area contributed by atoms with Crippen molar-refractivity contribution >= 4 is 29.6 Å². The number of rotatable bonds is 13.